The Morgan fingerprint density at radius 1 is 1.16 bits per heavy atom. The molecule has 1 aromatic rings. The van der Waals surface area contributed by atoms with Crippen LogP contribution in [0.4, 0.5) is 0 Å². The number of unbranched alkanes of at least 4 members (excludes halogenated alkanes) is 1. The third-order valence-corrected chi connectivity index (χ3v) is 8.71. The molecule has 0 amide bonds. The van der Waals surface area contributed by atoms with Crippen molar-refractivity contribution in [3.63, 3.8) is 0 Å². The summed E-state index contributed by atoms with van der Waals surface area (Å²) in [5, 5.41) is 11.6. The number of carbonyl (C=O) groups excluding carboxylic acids is 3. The van der Waals surface area contributed by atoms with Crippen LogP contribution in [0.1, 0.15) is 89.7 Å². The number of hydrogen-bond acceptors (Lipinski definition) is 10. The molecule has 0 aliphatic carbocycles. The van der Waals surface area contributed by atoms with Crippen LogP contribution in [0.25, 0.3) is 0 Å². The van der Waals surface area contributed by atoms with Crippen molar-refractivity contribution in [1.82, 2.24) is 4.90 Å². The zero-order chi connectivity index (χ0) is 31.2. The molecule has 4 rings (SSSR count). The summed E-state index contributed by atoms with van der Waals surface area (Å²) >= 11 is 0. The number of nitrogens with zero attached hydrogens (tertiary/aromatic N) is 1. The fourth-order valence-corrected chi connectivity index (χ4v) is 6.27. The second kappa shape index (κ2) is 14.2. The molecule has 0 aromatic heterocycles. The minimum Gasteiger partial charge on any atom is -0.469 e. The smallest absolute Gasteiger partial charge is 0.339 e. The molecule has 238 valence electrons. The lowest BCUT2D eigenvalue weighted by Gasteiger charge is -2.36. The molecule has 3 aliphatic rings. The largest absolute Gasteiger partial charge is 0.469 e. The Labute approximate surface area is 254 Å². The topological polar surface area (TPSA) is 121 Å². The van der Waals surface area contributed by atoms with E-state index in [1.165, 1.54) is 7.11 Å². The summed E-state index contributed by atoms with van der Waals surface area (Å²) in [4.78, 5) is 42.2. The van der Waals surface area contributed by atoms with Gasteiger partial charge in [-0.25, -0.2) is 4.79 Å². The quantitative estimate of drug-likeness (QED) is 0.188. The highest BCUT2D eigenvalue weighted by Gasteiger charge is 2.48. The minimum absolute atomic E-state index is 0.0374. The van der Waals surface area contributed by atoms with Crippen LogP contribution in [0, 0.1) is 0 Å². The number of ether oxygens (including phenoxy) is 5. The van der Waals surface area contributed by atoms with Gasteiger partial charge in [-0.15, -0.1) is 0 Å². The van der Waals surface area contributed by atoms with Gasteiger partial charge in [-0.05, 0) is 69.3 Å². The van der Waals surface area contributed by atoms with Gasteiger partial charge in [0.05, 0.1) is 19.1 Å². The van der Waals surface area contributed by atoms with Gasteiger partial charge in [0.2, 0.25) is 6.79 Å². The Kier molecular flexibility index (Phi) is 10.9. The molecule has 1 aromatic carbocycles. The number of esters is 2. The van der Waals surface area contributed by atoms with Gasteiger partial charge in [-0.2, -0.15) is 0 Å². The van der Waals surface area contributed by atoms with Crippen molar-refractivity contribution in [2.75, 3.05) is 33.6 Å². The standard InChI is InChI=1S/C33H47NO9/c1-6-8-17-42-32(3,4)13-10-14-33(38,20-28(36)39-5)31(37)43-30(25(35)7-2)29-23-19-27-26(40-21-41-27)18-22(23)12-16-34-15-9-11-24(29)34/h10,13,18-19,24,29-30,38H,6-9,11-12,14-17,20-21H2,1-5H3/b13-10+/t24-,29-,30+,33+/m0/s1. The number of methoxy groups -OCH3 is 1. The zero-order valence-corrected chi connectivity index (χ0v) is 26.2. The molecule has 3 heterocycles. The molecule has 43 heavy (non-hydrogen) atoms. The number of carbonyl (C=O) groups is 3. The van der Waals surface area contributed by atoms with Gasteiger partial charge in [0, 0.05) is 38.0 Å². The van der Waals surface area contributed by atoms with E-state index in [9.17, 15) is 19.5 Å². The second-order valence-corrected chi connectivity index (χ2v) is 12.3. The highest BCUT2D eigenvalue weighted by atomic mass is 16.7. The van der Waals surface area contributed by atoms with Crippen molar-refractivity contribution in [3.05, 3.63) is 35.4 Å². The third kappa shape index (κ3) is 7.77. The van der Waals surface area contributed by atoms with E-state index in [2.05, 4.69) is 11.8 Å². The van der Waals surface area contributed by atoms with E-state index in [0.29, 0.717) is 18.1 Å². The third-order valence-electron chi connectivity index (χ3n) is 8.71. The minimum atomic E-state index is -2.24. The van der Waals surface area contributed by atoms with Gasteiger partial charge in [-0.1, -0.05) is 32.4 Å². The Hall–Kier alpha value is -2.95. The summed E-state index contributed by atoms with van der Waals surface area (Å²) in [6.07, 6.45) is 5.98. The molecule has 0 saturated carbocycles. The van der Waals surface area contributed by atoms with Crippen LogP contribution < -0.4 is 9.47 Å². The molecule has 10 heteroatoms. The lowest BCUT2D eigenvalue weighted by molar-refractivity contribution is -0.179. The number of aliphatic hydroxyl groups is 1. The van der Waals surface area contributed by atoms with Crippen LogP contribution in [0.3, 0.4) is 0 Å². The van der Waals surface area contributed by atoms with Crippen molar-refractivity contribution in [2.45, 2.75) is 108 Å². The molecule has 1 saturated heterocycles. The number of ketones is 1. The molecule has 0 bridgehead atoms. The summed E-state index contributed by atoms with van der Waals surface area (Å²) < 4.78 is 28.1. The fraction of sp³-hybridized carbons (Fsp3) is 0.667. The predicted molar refractivity (Wildman–Crippen MR) is 159 cm³/mol. The van der Waals surface area contributed by atoms with E-state index in [1.807, 2.05) is 26.0 Å². The van der Waals surface area contributed by atoms with Crippen molar-refractivity contribution in [1.29, 1.82) is 0 Å². The van der Waals surface area contributed by atoms with Crippen molar-refractivity contribution >= 4 is 17.7 Å². The van der Waals surface area contributed by atoms with Gasteiger partial charge in [0.1, 0.15) is 0 Å². The first kappa shape index (κ1) is 33.0. The van der Waals surface area contributed by atoms with Gasteiger partial charge in [0.15, 0.2) is 29.0 Å². The first-order valence-electron chi connectivity index (χ1n) is 15.5. The van der Waals surface area contributed by atoms with Crippen LogP contribution in [0.15, 0.2) is 24.3 Å². The SMILES string of the molecule is CCCCOC(C)(C)/C=C/C[C@@](O)(CC(=O)OC)C(=O)O[C@H](C(=O)CC)[C@H]1c2cc3c(cc2CCN2CCC[C@@H]12)OCO3. The van der Waals surface area contributed by atoms with E-state index in [0.717, 1.165) is 56.3 Å². The molecular weight excluding hydrogens is 554 g/mol. The zero-order valence-electron chi connectivity index (χ0n) is 26.2. The summed E-state index contributed by atoms with van der Waals surface area (Å²) in [6, 6.07) is 3.84. The van der Waals surface area contributed by atoms with E-state index >= 15 is 0 Å². The lowest BCUT2D eigenvalue weighted by atomic mass is 9.81. The maximum atomic E-state index is 13.9. The van der Waals surface area contributed by atoms with Gasteiger partial charge in [0.25, 0.3) is 0 Å². The Balaban J connectivity index is 1.66. The first-order chi connectivity index (χ1) is 20.5. The molecule has 4 atom stereocenters. The van der Waals surface area contributed by atoms with Gasteiger partial charge in [-0.3, -0.25) is 14.5 Å². The number of Topliss-reactive ketones (excluding diaryl/α,β-unsaturated/α-hetero) is 1. The summed E-state index contributed by atoms with van der Waals surface area (Å²) in [7, 11) is 1.19. The highest BCUT2D eigenvalue weighted by Crippen LogP contribution is 2.45. The average molecular weight is 602 g/mol. The van der Waals surface area contributed by atoms with Crippen LogP contribution in [-0.2, 0) is 35.0 Å². The Morgan fingerprint density at radius 3 is 2.60 bits per heavy atom. The van der Waals surface area contributed by atoms with Gasteiger partial charge < -0.3 is 28.8 Å². The maximum Gasteiger partial charge on any atom is 0.339 e. The maximum absolute atomic E-state index is 13.9. The summed E-state index contributed by atoms with van der Waals surface area (Å²) in [5.41, 5.74) is -0.978. The number of hydrogen-bond donors (Lipinski definition) is 1. The first-order valence-corrected chi connectivity index (χ1v) is 15.5. The van der Waals surface area contributed by atoms with Crippen LogP contribution >= 0.6 is 0 Å². The van der Waals surface area contributed by atoms with Crippen LogP contribution in [0.2, 0.25) is 0 Å². The van der Waals surface area contributed by atoms with E-state index < -0.39 is 41.6 Å². The van der Waals surface area contributed by atoms with Crippen molar-refractivity contribution in [3.8, 4) is 11.5 Å². The predicted octanol–water partition coefficient (Wildman–Crippen LogP) is 4.25. The highest BCUT2D eigenvalue weighted by molar-refractivity contribution is 5.90. The lowest BCUT2D eigenvalue weighted by Crippen LogP contribution is -2.49. The molecule has 1 N–H and O–H groups in total. The van der Waals surface area contributed by atoms with Crippen LogP contribution in [0.5, 0.6) is 11.5 Å². The normalized spacial score (nSPS) is 21.9. The van der Waals surface area contributed by atoms with Crippen LogP contribution in [-0.4, -0.2) is 84.7 Å². The average Bonchev–Trinajstić information content (AvgIpc) is 3.61. The molecule has 1 fully saturated rings. The molecule has 3 aliphatic heterocycles. The second-order valence-electron chi connectivity index (χ2n) is 12.3. The van der Waals surface area contributed by atoms with Crippen molar-refractivity contribution in [2.24, 2.45) is 0 Å². The monoisotopic (exact) mass is 601 g/mol. The molecule has 0 radical (unpaired) electrons. The van der Waals surface area contributed by atoms with Gasteiger partial charge >= 0.3 is 11.9 Å². The molecule has 0 unspecified atom stereocenters. The Bertz CT molecular complexity index is 1200. The summed E-state index contributed by atoms with van der Waals surface area (Å²) in [5.74, 6) is -1.27. The van der Waals surface area contributed by atoms with E-state index in [1.54, 1.807) is 19.1 Å². The van der Waals surface area contributed by atoms with Crippen molar-refractivity contribution < 1.29 is 43.2 Å². The molecular formula is C33H47NO9. The van der Waals surface area contributed by atoms with E-state index in [-0.39, 0.29) is 31.5 Å². The fourth-order valence-electron chi connectivity index (χ4n) is 6.27. The number of benzene rings is 1. The van der Waals surface area contributed by atoms with E-state index in [4.69, 9.17) is 23.7 Å². The number of rotatable bonds is 14. The molecule has 10 nitrogen and oxygen atoms in total. The summed E-state index contributed by atoms with van der Waals surface area (Å²) in [6.45, 7) is 9.97. The Morgan fingerprint density at radius 2 is 1.91 bits per heavy atom. The number of fused-ring (bicyclic) bond motifs is 3. The molecule has 0 spiro atoms.